The Balaban J connectivity index is 1.75. The van der Waals surface area contributed by atoms with E-state index in [0.717, 1.165) is 17.0 Å². The van der Waals surface area contributed by atoms with E-state index in [1.165, 1.54) is 11.8 Å². The zero-order valence-electron chi connectivity index (χ0n) is 13.9. The molecule has 24 heavy (non-hydrogen) atoms. The van der Waals surface area contributed by atoms with E-state index < -0.39 is 5.25 Å². The highest BCUT2D eigenvalue weighted by molar-refractivity contribution is 8.01. The smallest absolute Gasteiger partial charge is 0.238 e. The molecule has 3 amide bonds. The maximum Gasteiger partial charge on any atom is 0.238 e. The predicted molar refractivity (Wildman–Crippen MR) is 94.9 cm³/mol. The van der Waals surface area contributed by atoms with Crippen molar-refractivity contribution in [2.75, 3.05) is 11.9 Å². The third kappa shape index (κ3) is 5.26. The minimum absolute atomic E-state index is 0.0802. The molecule has 0 saturated heterocycles. The Hall–Kier alpha value is -2.02. The van der Waals surface area contributed by atoms with Gasteiger partial charge in [-0.3, -0.25) is 14.4 Å². The van der Waals surface area contributed by atoms with Gasteiger partial charge in [-0.05, 0) is 25.5 Å². The number of carbonyl (C=O) groups is 3. The van der Waals surface area contributed by atoms with E-state index in [0.29, 0.717) is 0 Å². The minimum Gasteiger partial charge on any atom is -0.356 e. The average molecular weight is 349 g/mol. The second-order valence-electron chi connectivity index (χ2n) is 5.77. The Bertz CT molecular complexity index is 621. The van der Waals surface area contributed by atoms with Crippen molar-refractivity contribution in [3.8, 4) is 0 Å². The molecular formula is C17H23N3O3S. The van der Waals surface area contributed by atoms with Gasteiger partial charge in [-0.15, -0.1) is 11.8 Å². The summed E-state index contributed by atoms with van der Waals surface area (Å²) >= 11 is 1.39. The van der Waals surface area contributed by atoms with Crippen LogP contribution in [-0.2, 0) is 14.4 Å². The average Bonchev–Trinajstić information content (AvgIpc) is 2.55. The first-order valence-corrected chi connectivity index (χ1v) is 9.00. The third-order valence-electron chi connectivity index (χ3n) is 3.77. The molecule has 0 bridgehead atoms. The van der Waals surface area contributed by atoms with Gasteiger partial charge in [0, 0.05) is 30.3 Å². The maximum atomic E-state index is 12.1. The Morgan fingerprint density at radius 1 is 1.29 bits per heavy atom. The SMILES string of the molecule is CC[C@@H](C)NC(=O)CCNC(=O)C[C@H]1Sc2ccccc2NC1=O. The summed E-state index contributed by atoms with van der Waals surface area (Å²) in [5.41, 5.74) is 0.783. The maximum absolute atomic E-state index is 12.1. The Labute approximate surface area is 146 Å². The lowest BCUT2D eigenvalue weighted by Crippen LogP contribution is -2.37. The summed E-state index contributed by atoms with van der Waals surface area (Å²) in [6.45, 7) is 4.21. The monoisotopic (exact) mass is 349 g/mol. The molecule has 1 aromatic rings. The van der Waals surface area contributed by atoms with E-state index in [1.807, 2.05) is 38.1 Å². The van der Waals surface area contributed by atoms with Crippen molar-refractivity contribution in [1.82, 2.24) is 10.6 Å². The molecule has 0 spiro atoms. The first kappa shape index (κ1) is 18.3. The Morgan fingerprint density at radius 3 is 2.79 bits per heavy atom. The molecule has 0 aliphatic carbocycles. The molecule has 0 radical (unpaired) electrons. The molecule has 1 heterocycles. The number of amides is 3. The number of benzene rings is 1. The van der Waals surface area contributed by atoms with Crippen LogP contribution in [0.15, 0.2) is 29.2 Å². The summed E-state index contributed by atoms with van der Waals surface area (Å²) in [5.74, 6) is -0.468. The van der Waals surface area contributed by atoms with Crippen molar-refractivity contribution in [2.24, 2.45) is 0 Å². The number of fused-ring (bicyclic) bond motifs is 1. The number of thioether (sulfide) groups is 1. The number of para-hydroxylation sites is 1. The summed E-state index contributed by atoms with van der Waals surface area (Å²) in [6, 6.07) is 7.65. The Kier molecular flexibility index (Phi) is 6.66. The van der Waals surface area contributed by atoms with Gasteiger partial charge in [-0.25, -0.2) is 0 Å². The second-order valence-corrected chi connectivity index (χ2v) is 7.02. The van der Waals surface area contributed by atoms with Crippen LogP contribution in [0.4, 0.5) is 5.69 Å². The van der Waals surface area contributed by atoms with Crippen LogP contribution >= 0.6 is 11.8 Å². The molecule has 1 aromatic carbocycles. The van der Waals surface area contributed by atoms with Gasteiger partial charge in [0.25, 0.3) is 0 Å². The number of rotatable bonds is 7. The van der Waals surface area contributed by atoms with Crippen molar-refractivity contribution >= 4 is 35.2 Å². The summed E-state index contributed by atoms with van der Waals surface area (Å²) in [6.07, 6.45) is 1.20. The van der Waals surface area contributed by atoms with Gasteiger partial charge in [0.1, 0.15) is 0 Å². The highest BCUT2D eigenvalue weighted by atomic mass is 32.2. The van der Waals surface area contributed by atoms with Gasteiger partial charge >= 0.3 is 0 Å². The number of hydrogen-bond donors (Lipinski definition) is 3. The van der Waals surface area contributed by atoms with Crippen LogP contribution in [0.25, 0.3) is 0 Å². The van der Waals surface area contributed by atoms with Crippen molar-refractivity contribution in [3.05, 3.63) is 24.3 Å². The van der Waals surface area contributed by atoms with E-state index in [1.54, 1.807) is 0 Å². The molecule has 1 aliphatic rings. The van der Waals surface area contributed by atoms with E-state index in [2.05, 4.69) is 16.0 Å². The largest absolute Gasteiger partial charge is 0.356 e. The first-order chi connectivity index (χ1) is 11.5. The second kappa shape index (κ2) is 8.73. The van der Waals surface area contributed by atoms with E-state index in [9.17, 15) is 14.4 Å². The fraction of sp³-hybridized carbons (Fsp3) is 0.471. The molecule has 6 nitrogen and oxygen atoms in total. The molecule has 7 heteroatoms. The van der Waals surface area contributed by atoms with Gasteiger partial charge < -0.3 is 16.0 Å². The standard InChI is InChI=1S/C17H23N3O3S/c1-3-11(2)19-15(21)8-9-18-16(22)10-14-17(23)20-12-6-4-5-7-13(12)24-14/h4-7,11,14H,3,8-10H2,1-2H3,(H,18,22)(H,19,21)(H,20,23)/t11-,14-/m1/s1. The summed E-state index contributed by atoms with van der Waals surface area (Å²) in [4.78, 5) is 36.6. The van der Waals surface area contributed by atoms with Crippen LogP contribution in [0.3, 0.4) is 0 Å². The van der Waals surface area contributed by atoms with E-state index in [-0.39, 0.29) is 43.1 Å². The number of anilines is 1. The molecule has 0 aromatic heterocycles. The van der Waals surface area contributed by atoms with E-state index in [4.69, 9.17) is 0 Å². The van der Waals surface area contributed by atoms with Crippen LogP contribution in [0.2, 0.25) is 0 Å². The Morgan fingerprint density at radius 2 is 2.04 bits per heavy atom. The first-order valence-electron chi connectivity index (χ1n) is 8.12. The number of hydrogen-bond acceptors (Lipinski definition) is 4. The van der Waals surface area contributed by atoms with Gasteiger partial charge in [0.15, 0.2) is 0 Å². The predicted octanol–water partition coefficient (Wildman–Crippen LogP) is 1.91. The topological polar surface area (TPSA) is 87.3 Å². The lowest BCUT2D eigenvalue weighted by molar-refractivity contribution is -0.124. The summed E-state index contributed by atoms with van der Waals surface area (Å²) < 4.78 is 0. The summed E-state index contributed by atoms with van der Waals surface area (Å²) in [5, 5.41) is 7.91. The van der Waals surface area contributed by atoms with Gasteiger partial charge in [-0.1, -0.05) is 19.1 Å². The van der Waals surface area contributed by atoms with Gasteiger partial charge in [0.05, 0.1) is 10.9 Å². The fourth-order valence-corrected chi connectivity index (χ4v) is 3.34. The minimum atomic E-state index is -0.450. The van der Waals surface area contributed by atoms with Crippen LogP contribution in [0, 0.1) is 0 Å². The molecular weight excluding hydrogens is 326 g/mol. The summed E-state index contributed by atoms with van der Waals surface area (Å²) in [7, 11) is 0. The highest BCUT2D eigenvalue weighted by Crippen LogP contribution is 2.36. The van der Waals surface area contributed by atoms with Crippen molar-refractivity contribution < 1.29 is 14.4 Å². The lowest BCUT2D eigenvalue weighted by Gasteiger charge is -2.23. The molecule has 3 N–H and O–H groups in total. The zero-order valence-corrected chi connectivity index (χ0v) is 14.7. The highest BCUT2D eigenvalue weighted by Gasteiger charge is 2.28. The van der Waals surface area contributed by atoms with Crippen molar-refractivity contribution in [3.63, 3.8) is 0 Å². The van der Waals surface area contributed by atoms with Crippen molar-refractivity contribution in [1.29, 1.82) is 0 Å². The van der Waals surface area contributed by atoms with Gasteiger partial charge in [0.2, 0.25) is 17.7 Å². The molecule has 0 unspecified atom stereocenters. The van der Waals surface area contributed by atoms with Gasteiger partial charge in [-0.2, -0.15) is 0 Å². The third-order valence-corrected chi connectivity index (χ3v) is 5.05. The van der Waals surface area contributed by atoms with Crippen LogP contribution in [0.5, 0.6) is 0 Å². The quantitative estimate of drug-likeness (QED) is 0.702. The molecule has 2 atom stereocenters. The van der Waals surface area contributed by atoms with E-state index >= 15 is 0 Å². The van der Waals surface area contributed by atoms with Crippen LogP contribution in [0.1, 0.15) is 33.1 Å². The fourth-order valence-electron chi connectivity index (χ4n) is 2.23. The molecule has 0 fully saturated rings. The molecule has 1 aliphatic heterocycles. The van der Waals surface area contributed by atoms with Crippen molar-refractivity contribution in [2.45, 2.75) is 49.3 Å². The zero-order chi connectivity index (χ0) is 17.5. The molecule has 2 rings (SSSR count). The lowest BCUT2D eigenvalue weighted by atomic mass is 10.2. The van der Waals surface area contributed by atoms with Crippen LogP contribution < -0.4 is 16.0 Å². The number of carbonyl (C=O) groups excluding carboxylic acids is 3. The molecule has 0 saturated carbocycles. The normalized spacial score (nSPS) is 17.4. The molecule has 130 valence electrons. The van der Waals surface area contributed by atoms with Crippen LogP contribution in [-0.4, -0.2) is 35.6 Å². The number of nitrogens with one attached hydrogen (secondary N) is 3.